The highest BCUT2D eigenvalue weighted by Crippen LogP contribution is 2.29. The molecule has 2 unspecified atom stereocenters. The predicted molar refractivity (Wildman–Crippen MR) is 69.3 cm³/mol. The maximum atomic E-state index is 10.8. The van der Waals surface area contributed by atoms with Gasteiger partial charge in [0.2, 0.25) is 0 Å². The lowest BCUT2D eigenvalue weighted by molar-refractivity contribution is -0.138. The van der Waals surface area contributed by atoms with Crippen molar-refractivity contribution in [2.24, 2.45) is 5.92 Å². The molecule has 0 aliphatic carbocycles. The molecule has 0 amide bonds. The lowest BCUT2D eigenvalue weighted by Gasteiger charge is -2.36. The first-order chi connectivity index (χ1) is 8.16. The van der Waals surface area contributed by atoms with E-state index < -0.39 is 5.97 Å². The van der Waals surface area contributed by atoms with Crippen molar-refractivity contribution >= 4 is 17.3 Å². The number of carbonyl (C=O) groups is 1. The Labute approximate surface area is 106 Å². The zero-order valence-corrected chi connectivity index (χ0v) is 10.9. The normalized spacial score (nSPS) is 23.5. The molecule has 4 heteroatoms. The van der Waals surface area contributed by atoms with Crippen LogP contribution in [0.2, 0.25) is 0 Å². The molecular formula is C13H19NO2S. The summed E-state index contributed by atoms with van der Waals surface area (Å²) in [6.07, 6.45) is 2.49. The second-order valence-electron chi connectivity index (χ2n) is 4.79. The number of thiophene rings is 1. The van der Waals surface area contributed by atoms with E-state index in [9.17, 15) is 4.79 Å². The summed E-state index contributed by atoms with van der Waals surface area (Å²) in [5, 5.41) is 11.0. The first-order valence-corrected chi connectivity index (χ1v) is 7.04. The Morgan fingerprint density at radius 2 is 2.53 bits per heavy atom. The molecule has 2 heterocycles. The molecule has 1 N–H and O–H groups in total. The highest BCUT2D eigenvalue weighted by molar-refractivity contribution is 7.10. The van der Waals surface area contributed by atoms with Gasteiger partial charge in [-0.3, -0.25) is 9.69 Å². The molecule has 2 atom stereocenters. The summed E-state index contributed by atoms with van der Waals surface area (Å²) in [4.78, 5) is 14.6. The number of carboxylic acids is 1. The van der Waals surface area contributed by atoms with Gasteiger partial charge in [0.15, 0.2) is 0 Å². The Kier molecular flexibility index (Phi) is 4.18. The van der Waals surface area contributed by atoms with E-state index in [2.05, 4.69) is 29.3 Å². The second kappa shape index (κ2) is 5.65. The van der Waals surface area contributed by atoms with Gasteiger partial charge in [0.1, 0.15) is 0 Å². The van der Waals surface area contributed by atoms with Crippen molar-refractivity contribution in [2.75, 3.05) is 13.1 Å². The molecule has 0 bridgehead atoms. The lowest BCUT2D eigenvalue weighted by Crippen LogP contribution is -2.37. The van der Waals surface area contributed by atoms with Crippen LogP contribution in [0.3, 0.4) is 0 Å². The summed E-state index contributed by atoms with van der Waals surface area (Å²) in [6, 6.07) is 4.66. The van der Waals surface area contributed by atoms with Gasteiger partial charge in [-0.15, -0.1) is 11.3 Å². The Morgan fingerprint density at radius 1 is 1.71 bits per heavy atom. The van der Waals surface area contributed by atoms with Crippen molar-refractivity contribution in [1.29, 1.82) is 0 Å². The molecule has 1 fully saturated rings. The molecule has 1 aliphatic rings. The largest absolute Gasteiger partial charge is 0.481 e. The predicted octanol–water partition coefficient (Wildman–Crippen LogP) is 3.00. The van der Waals surface area contributed by atoms with Crippen molar-refractivity contribution in [3.63, 3.8) is 0 Å². The van der Waals surface area contributed by atoms with Gasteiger partial charge >= 0.3 is 5.97 Å². The topological polar surface area (TPSA) is 40.5 Å². The van der Waals surface area contributed by atoms with Crippen LogP contribution in [-0.2, 0) is 4.79 Å². The summed E-state index contributed by atoms with van der Waals surface area (Å²) in [5.41, 5.74) is 0. The first-order valence-electron chi connectivity index (χ1n) is 6.16. The van der Waals surface area contributed by atoms with Crippen molar-refractivity contribution < 1.29 is 9.90 Å². The number of aliphatic carboxylic acids is 1. The molecule has 1 saturated heterocycles. The standard InChI is InChI=1S/C13H19NO2S/c1-10(12-5-3-7-17-12)14-6-2-4-11(9-14)8-13(15)16/h3,5,7,10-11H,2,4,6,8-9H2,1H3,(H,15,16). The van der Waals surface area contributed by atoms with Crippen molar-refractivity contribution in [3.05, 3.63) is 22.4 Å². The van der Waals surface area contributed by atoms with Gasteiger partial charge < -0.3 is 5.11 Å². The third kappa shape index (κ3) is 3.30. The van der Waals surface area contributed by atoms with E-state index >= 15 is 0 Å². The maximum absolute atomic E-state index is 10.8. The molecule has 1 aromatic rings. The van der Waals surface area contributed by atoms with E-state index in [4.69, 9.17) is 5.11 Å². The molecule has 1 aliphatic heterocycles. The van der Waals surface area contributed by atoms with Crippen LogP contribution in [0.15, 0.2) is 17.5 Å². The van der Waals surface area contributed by atoms with Gasteiger partial charge in [0.25, 0.3) is 0 Å². The van der Waals surface area contributed by atoms with Gasteiger partial charge in [-0.05, 0) is 43.7 Å². The third-order valence-corrected chi connectivity index (χ3v) is 4.56. The average Bonchev–Trinajstić information content (AvgIpc) is 2.81. The Bertz CT molecular complexity index is 364. The lowest BCUT2D eigenvalue weighted by atomic mass is 9.94. The van der Waals surface area contributed by atoms with Gasteiger partial charge in [-0.2, -0.15) is 0 Å². The fourth-order valence-corrected chi connectivity index (χ4v) is 3.39. The van der Waals surface area contributed by atoms with Crippen LogP contribution in [0.1, 0.15) is 37.1 Å². The van der Waals surface area contributed by atoms with Crippen molar-refractivity contribution in [2.45, 2.75) is 32.2 Å². The zero-order valence-electron chi connectivity index (χ0n) is 10.1. The monoisotopic (exact) mass is 253 g/mol. The highest BCUT2D eigenvalue weighted by Gasteiger charge is 2.25. The Morgan fingerprint density at radius 3 is 3.18 bits per heavy atom. The number of nitrogens with zero attached hydrogens (tertiary/aromatic N) is 1. The van der Waals surface area contributed by atoms with Gasteiger partial charge in [0.05, 0.1) is 0 Å². The number of hydrogen-bond acceptors (Lipinski definition) is 3. The number of piperidine rings is 1. The minimum absolute atomic E-state index is 0.313. The molecule has 0 aromatic carbocycles. The fraction of sp³-hybridized carbons (Fsp3) is 0.615. The molecular weight excluding hydrogens is 234 g/mol. The van der Waals surface area contributed by atoms with Gasteiger partial charge in [-0.25, -0.2) is 0 Å². The minimum Gasteiger partial charge on any atom is -0.481 e. The molecule has 17 heavy (non-hydrogen) atoms. The number of rotatable bonds is 4. The third-order valence-electron chi connectivity index (χ3n) is 3.52. The quantitative estimate of drug-likeness (QED) is 0.896. The molecule has 0 radical (unpaired) electrons. The van der Waals surface area contributed by atoms with Crippen LogP contribution in [0.4, 0.5) is 0 Å². The molecule has 0 saturated carbocycles. The van der Waals surface area contributed by atoms with E-state index in [1.807, 2.05) is 0 Å². The van der Waals surface area contributed by atoms with Crippen molar-refractivity contribution in [1.82, 2.24) is 4.90 Å². The zero-order chi connectivity index (χ0) is 12.3. The summed E-state index contributed by atoms with van der Waals surface area (Å²) in [5.74, 6) is -0.343. The van der Waals surface area contributed by atoms with E-state index in [0.29, 0.717) is 18.4 Å². The number of carboxylic acid groups (broad SMARTS) is 1. The molecule has 1 aromatic heterocycles. The summed E-state index contributed by atoms with van der Waals surface area (Å²) < 4.78 is 0. The summed E-state index contributed by atoms with van der Waals surface area (Å²) in [7, 11) is 0. The second-order valence-corrected chi connectivity index (χ2v) is 5.77. The van der Waals surface area contributed by atoms with Gasteiger partial charge in [0, 0.05) is 23.9 Å². The Balaban J connectivity index is 1.95. The van der Waals surface area contributed by atoms with E-state index in [1.165, 1.54) is 4.88 Å². The maximum Gasteiger partial charge on any atom is 0.303 e. The van der Waals surface area contributed by atoms with Crippen LogP contribution < -0.4 is 0 Å². The number of likely N-dealkylation sites (tertiary alicyclic amines) is 1. The first kappa shape index (κ1) is 12.6. The highest BCUT2D eigenvalue weighted by atomic mass is 32.1. The van der Waals surface area contributed by atoms with Crippen LogP contribution >= 0.6 is 11.3 Å². The van der Waals surface area contributed by atoms with Gasteiger partial charge in [-0.1, -0.05) is 6.07 Å². The van der Waals surface area contributed by atoms with Crippen LogP contribution in [0, 0.1) is 5.92 Å². The van der Waals surface area contributed by atoms with E-state index in [0.717, 1.165) is 25.9 Å². The smallest absolute Gasteiger partial charge is 0.303 e. The summed E-state index contributed by atoms with van der Waals surface area (Å²) in [6.45, 7) is 4.23. The fourth-order valence-electron chi connectivity index (χ4n) is 2.57. The minimum atomic E-state index is -0.666. The van der Waals surface area contributed by atoms with E-state index in [1.54, 1.807) is 11.3 Å². The molecule has 2 rings (SSSR count). The molecule has 94 valence electrons. The van der Waals surface area contributed by atoms with E-state index in [-0.39, 0.29) is 0 Å². The number of hydrogen-bond donors (Lipinski definition) is 1. The molecule has 0 spiro atoms. The average molecular weight is 253 g/mol. The molecule has 3 nitrogen and oxygen atoms in total. The van der Waals surface area contributed by atoms with Crippen molar-refractivity contribution in [3.8, 4) is 0 Å². The van der Waals surface area contributed by atoms with Crippen LogP contribution in [0.5, 0.6) is 0 Å². The van der Waals surface area contributed by atoms with Crippen LogP contribution in [-0.4, -0.2) is 29.1 Å². The van der Waals surface area contributed by atoms with Crippen LogP contribution in [0.25, 0.3) is 0 Å². The Hall–Kier alpha value is -0.870. The summed E-state index contributed by atoms with van der Waals surface area (Å²) >= 11 is 1.78. The SMILES string of the molecule is CC(c1cccs1)N1CCCC(CC(=O)O)C1.